The van der Waals surface area contributed by atoms with Gasteiger partial charge in [0.25, 0.3) is 0 Å². The smallest absolute Gasteiger partial charge is 0.166 e. The summed E-state index contributed by atoms with van der Waals surface area (Å²) in [5.74, 6) is 0.989. The molecule has 0 unspecified atom stereocenters. The topological polar surface area (TPSA) is 28.7 Å². The number of hydrogen-bond acceptors (Lipinski definition) is 4. The third kappa shape index (κ3) is 2.91. The Morgan fingerprint density at radius 1 is 1.21 bits per heavy atom. The zero-order valence-corrected chi connectivity index (χ0v) is 11.9. The van der Waals surface area contributed by atoms with Gasteiger partial charge in [-0.1, -0.05) is 18.2 Å². The Hall–Kier alpha value is -1.52. The highest BCUT2D eigenvalue weighted by Crippen LogP contribution is 2.33. The number of thioether (sulfide) groups is 1. The van der Waals surface area contributed by atoms with E-state index in [2.05, 4.69) is 28.1 Å². The average Bonchev–Trinajstić information content (AvgIpc) is 2.94. The Morgan fingerprint density at radius 2 is 2.05 bits per heavy atom. The van der Waals surface area contributed by atoms with E-state index in [0.717, 1.165) is 34.5 Å². The number of aliphatic imine (C=N–C) groups is 1. The van der Waals surface area contributed by atoms with Crippen molar-refractivity contribution in [3.05, 3.63) is 47.7 Å². The summed E-state index contributed by atoms with van der Waals surface area (Å²) in [6.45, 7) is 0.827. The van der Waals surface area contributed by atoms with Crippen molar-refractivity contribution in [2.24, 2.45) is 4.99 Å². The molecule has 0 saturated carbocycles. The van der Waals surface area contributed by atoms with Gasteiger partial charge in [0.1, 0.15) is 5.76 Å². The molecule has 0 N–H and O–H groups in total. The number of furan rings is 1. The monoisotopic (exact) mass is 272 g/mol. The van der Waals surface area contributed by atoms with E-state index in [-0.39, 0.29) is 0 Å². The average molecular weight is 272 g/mol. The van der Waals surface area contributed by atoms with Crippen molar-refractivity contribution < 1.29 is 4.42 Å². The van der Waals surface area contributed by atoms with Gasteiger partial charge in [-0.05, 0) is 49.6 Å². The van der Waals surface area contributed by atoms with Crippen LogP contribution >= 0.6 is 11.8 Å². The van der Waals surface area contributed by atoms with Crippen LogP contribution in [0.4, 0.5) is 5.69 Å². The highest BCUT2D eigenvalue weighted by atomic mass is 32.2. The predicted octanol–water partition coefficient (Wildman–Crippen LogP) is 3.72. The fourth-order valence-electron chi connectivity index (χ4n) is 2.09. The maximum Gasteiger partial charge on any atom is 0.166 e. The first kappa shape index (κ1) is 12.5. The Labute approximate surface area is 117 Å². The molecule has 0 amide bonds. The Bertz CT molecular complexity index is 616. The molecular weight excluding hydrogens is 256 g/mol. The van der Waals surface area contributed by atoms with E-state index in [1.807, 2.05) is 32.3 Å². The molecule has 19 heavy (non-hydrogen) atoms. The summed E-state index contributed by atoms with van der Waals surface area (Å²) in [6.07, 6.45) is 0.907. The standard InChI is InChI=1S/C15H16N2OS/c1-17(2)10-12-7-8-15(18-12)19-14-9-11-5-3-4-6-13(11)16-14/h3-8H,9-10H2,1-2H3. The van der Waals surface area contributed by atoms with Crippen LogP contribution in [0.25, 0.3) is 0 Å². The number of fused-ring (bicyclic) bond motifs is 1. The first-order valence-corrected chi connectivity index (χ1v) is 7.09. The first-order chi connectivity index (χ1) is 9.20. The van der Waals surface area contributed by atoms with Crippen LogP contribution < -0.4 is 0 Å². The van der Waals surface area contributed by atoms with Crippen molar-refractivity contribution in [1.82, 2.24) is 4.90 Å². The molecule has 4 heteroatoms. The SMILES string of the molecule is CN(C)Cc1ccc(SC2=Nc3ccccc3C2)o1. The summed E-state index contributed by atoms with van der Waals surface area (Å²) in [7, 11) is 4.07. The van der Waals surface area contributed by atoms with Gasteiger partial charge in [-0.15, -0.1) is 0 Å². The zero-order valence-electron chi connectivity index (χ0n) is 11.1. The molecule has 1 aliphatic rings. The minimum absolute atomic E-state index is 0.827. The molecule has 0 spiro atoms. The van der Waals surface area contributed by atoms with Crippen molar-refractivity contribution in [2.75, 3.05) is 14.1 Å². The molecular formula is C15H16N2OS. The van der Waals surface area contributed by atoms with Crippen LogP contribution in [0.1, 0.15) is 11.3 Å². The van der Waals surface area contributed by atoms with Gasteiger partial charge in [-0.2, -0.15) is 0 Å². The minimum atomic E-state index is 0.827. The van der Waals surface area contributed by atoms with E-state index in [9.17, 15) is 0 Å². The molecule has 3 rings (SSSR count). The largest absolute Gasteiger partial charge is 0.453 e. The molecule has 2 heterocycles. The lowest BCUT2D eigenvalue weighted by molar-refractivity contribution is 0.329. The third-order valence-electron chi connectivity index (χ3n) is 2.91. The van der Waals surface area contributed by atoms with Crippen LogP contribution in [-0.4, -0.2) is 24.0 Å². The quantitative estimate of drug-likeness (QED) is 0.852. The van der Waals surface area contributed by atoms with E-state index in [1.54, 1.807) is 11.8 Å². The van der Waals surface area contributed by atoms with Gasteiger partial charge < -0.3 is 9.32 Å². The molecule has 0 saturated heterocycles. The van der Waals surface area contributed by atoms with Crippen LogP contribution in [0.5, 0.6) is 0 Å². The second kappa shape index (κ2) is 5.23. The third-order valence-corrected chi connectivity index (χ3v) is 3.80. The number of benzene rings is 1. The normalized spacial score (nSPS) is 13.7. The van der Waals surface area contributed by atoms with Crippen LogP contribution in [0.2, 0.25) is 0 Å². The van der Waals surface area contributed by atoms with Crippen LogP contribution in [0.15, 0.2) is 50.9 Å². The second-order valence-corrected chi connectivity index (χ2v) is 5.95. The Balaban J connectivity index is 1.69. The van der Waals surface area contributed by atoms with Crippen LogP contribution in [-0.2, 0) is 13.0 Å². The Kier molecular flexibility index (Phi) is 3.44. The van der Waals surface area contributed by atoms with Gasteiger partial charge >= 0.3 is 0 Å². The van der Waals surface area contributed by atoms with Gasteiger partial charge in [0.15, 0.2) is 5.09 Å². The molecule has 2 aromatic rings. The molecule has 0 atom stereocenters. The van der Waals surface area contributed by atoms with E-state index >= 15 is 0 Å². The zero-order chi connectivity index (χ0) is 13.2. The van der Waals surface area contributed by atoms with E-state index in [4.69, 9.17) is 4.42 Å². The van der Waals surface area contributed by atoms with E-state index in [1.165, 1.54) is 5.56 Å². The molecule has 1 aromatic heterocycles. The highest BCUT2D eigenvalue weighted by Gasteiger charge is 2.16. The summed E-state index contributed by atoms with van der Waals surface area (Å²) in [5.41, 5.74) is 2.38. The van der Waals surface area contributed by atoms with E-state index in [0.29, 0.717) is 0 Å². The first-order valence-electron chi connectivity index (χ1n) is 6.27. The summed E-state index contributed by atoms with van der Waals surface area (Å²) in [6, 6.07) is 12.3. The van der Waals surface area contributed by atoms with Gasteiger partial charge in [0, 0.05) is 6.42 Å². The fraction of sp³-hybridized carbons (Fsp3) is 0.267. The Morgan fingerprint density at radius 3 is 2.84 bits per heavy atom. The molecule has 1 aliphatic heterocycles. The maximum atomic E-state index is 5.80. The van der Waals surface area contributed by atoms with Crippen molar-refractivity contribution in [1.29, 1.82) is 0 Å². The number of rotatable bonds is 3. The second-order valence-electron chi connectivity index (χ2n) is 4.87. The van der Waals surface area contributed by atoms with Crippen LogP contribution in [0.3, 0.4) is 0 Å². The van der Waals surface area contributed by atoms with Crippen molar-refractivity contribution in [3.63, 3.8) is 0 Å². The lowest BCUT2D eigenvalue weighted by Crippen LogP contribution is -2.09. The molecule has 1 aromatic carbocycles. The van der Waals surface area contributed by atoms with Gasteiger partial charge in [0.2, 0.25) is 0 Å². The van der Waals surface area contributed by atoms with Gasteiger partial charge in [0.05, 0.1) is 17.3 Å². The number of nitrogens with zero attached hydrogens (tertiary/aromatic N) is 2. The molecule has 0 radical (unpaired) electrons. The molecule has 98 valence electrons. The predicted molar refractivity (Wildman–Crippen MR) is 79.2 cm³/mol. The van der Waals surface area contributed by atoms with Crippen molar-refractivity contribution in [3.8, 4) is 0 Å². The van der Waals surface area contributed by atoms with Gasteiger partial charge in [-0.25, -0.2) is 4.99 Å². The highest BCUT2D eigenvalue weighted by molar-refractivity contribution is 8.13. The lowest BCUT2D eigenvalue weighted by Gasteiger charge is -2.05. The summed E-state index contributed by atoms with van der Waals surface area (Å²) >= 11 is 1.62. The van der Waals surface area contributed by atoms with Crippen molar-refractivity contribution in [2.45, 2.75) is 18.1 Å². The fourth-order valence-corrected chi connectivity index (χ4v) is 2.98. The lowest BCUT2D eigenvalue weighted by atomic mass is 10.2. The van der Waals surface area contributed by atoms with Crippen molar-refractivity contribution >= 4 is 22.5 Å². The summed E-state index contributed by atoms with van der Waals surface area (Å²) in [4.78, 5) is 6.72. The summed E-state index contributed by atoms with van der Waals surface area (Å²) < 4.78 is 5.80. The van der Waals surface area contributed by atoms with E-state index < -0.39 is 0 Å². The molecule has 0 aliphatic carbocycles. The number of hydrogen-bond donors (Lipinski definition) is 0. The van der Waals surface area contributed by atoms with Crippen LogP contribution in [0, 0.1) is 0 Å². The molecule has 3 nitrogen and oxygen atoms in total. The molecule has 0 bridgehead atoms. The minimum Gasteiger partial charge on any atom is -0.453 e. The number of para-hydroxylation sites is 1. The van der Waals surface area contributed by atoms with Gasteiger partial charge in [-0.3, -0.25) is 0 Å². The molecule has 0 fully saturated rings. The maximum absolute atomic E-state index is 5.80. The summed E-state index contributed by atoms with van der Waals surface area (Å²) in [5, 5.41) is 2.02.